The summed E-state index contributed by atoms with van der Waals surface area (Å²) in [4.78, 5) is 0. The maximum Gasteiger partial charge on any atom is 3.00 e. The van der Waals surface area contributed by atoms with Crippen molar-refractivity contribution >= 4 is 0 Å². The molecule has 0 spiro atoms. The van der Waals surface area contributed by atoms with E-state index < -0.39 is 0 Å². The molecule has 0 aliphatic rings. The molecule has 0 saturated carbocycles. The van der Waals surface area contributed by atoms with E-state index in [4.69, 9.17) is 0 Å². The Morgan fingerprint density at radius 2 is 1.71 bits per heavy atom. The van der Waals surface area contributed by atoms with Gasteiger partial charge in [0.1, 0.15) is 0 Å². The number of rotatable bonds is 1. The molecule has 0 aromatic heterocycles. The molecular weight excluding hydrogens is 245 g/mol. The third kappa shape index (κ3) is 7.70. The van der Waals surface area contributed by atoms with Crippen LogP contribution in [0.3, 0.4) is 0 Å². The molecule has 1 heteroatoms. The fourth-order valence-electron chi connectivity index (χ4n) is 0.949. The summed E-state index contributed by atoms with van der Waals surface area (Å²) in [6, 6.07) is 9.38. The summed E-state index contributed by atoms with van der Waals surface area (Å²) < 4.78 is 0. The predicted molar refractivity (Wildman–Crippen MR) is 59.8 cm³/mol. The minimum atomic E-state index is 0. The van der Waals surface area contributed by atoms with Crippen LogP contribution in [-0.4, -0.2) is 0 Å². The van der Waals surface area contributed by atoms with E-state index in [1.54, 1.807) is 0 Å². The molecule has 0 heterocycles. The number of benzene rings is 1. The van der Waals surface area contributed by atoms with Gasteiger partial charge in [0.05, 0.1) is 0 Å². The molecule has 0 bridgehead atoms. The van der Waals surface area contributed by atoms with Crippen LogP contribution >= 0.6 is 0 Å². The van der Waals surface area contributed by atoms with Gasteiger partial charge in [0.2, 0.25) is 0 Å². The maximum atomic E-state index is 3.11. The van der Waals surface area contributed by atoms with Gasteiger partial charge in [-0.2, -0.15) is 49.2 Å². The van der Waals surface area contributed by atoms with Crippen LogP contribution in [0.5, 0.6) is 0 Å². The van der Waals surface area contributed by atoms with Crippen molar-refractivity contribution in [3.8, 4) is 0 Å². The molecule has 1 aromatic rings. The van der Waals surface area contributed by atoms with Crippen molar-refractivity contribution in [2.75, 3.05) is 0 Å². The first-order chi connectivity index (χ1) is 6.11. The average Bonchev–Trinajstić information content (AvgIpc) is 2.05. The fourth-order valence-corrected chi connectivity index (χ4v) is 0.949. The van der Waals surface area contributed by atoms with Gasteiger partial charge in [0.15, 0.2) is 0 Å². The summed E-state index contributed by atoms with van der Waals surface area (Å²) in [5, 5.41) is 0. The molecule has 0 unspecified atom stereocenters. The topological polar surface area (TPSA) is 0 Å². The molecule has 0 amide bonds. The molecular formula is C13H20Y+. The van der Waals surface area contributed by atoms with Crippen molar-refractivity contribution < 1.29 is 32.7 Å². The van der Waals surface area contributed by atoms with E-state index in [0.717, 1.165) is 0 Å². The van der Waals surface area contributed by atoms with Crippen molar-refractivity contribution in [3.63, 3.8) is 0 Å². The summed E-state index contributed by atoms with van der Waals surface area (Å²) in [7, 11) is 0. The Hall–Kier alpha value is 0.324. The van der Waals surface area contributed by atoms with E-state index in [1.165, 1.54) is 11.1 Å². The van der Waals surface area contributed by atoms with Gasteiger partial charge in [-0.25, -0.2) is 0 Å². The molecule has 1 aromatic carbocycles. The second-order valence-corrected chi connectivity index (χ2v) is 3.58. The van der Waals surface area contributed by atoms with E-state index in [0.29, 0.717) is 5.92 Å². The molecule has 14 heavy (non-hydrogen) atoms. The average molecular weight is 265 g/mol. The number of hydrogen-bond donors (Lipinski definition) is 0. The van der Waals surface area contributed by atoms with Crippen LogP contribution in [0, 0.1) is 19.4 Å². The predicted octanol–water partition coefficient (Wildman–Crippen LogP) is 4.15. The second kappa shape index (κ2) is 9.86. The summed E-state index contributed by atoms with van der Waals surface area (Å²) in [6.45, 7) is 10.5. The second-order valence-electron chi connectivity index (χ2n) is 3.58. The van der Waals surface area contributed by atoms with Crippen molar-refractivity contribution in [1.29, 1.82) is 0 Å². The van der Waals surface area contributed by atoms with Crippen molar-refractivity contribution in [3.05, 3.63) is 41.8 Å². The fraction of sp³-hybridized carbons (Fsp3) is 0.462. The Kier molecular flexibility index (Phi) is 11.8. The van der Waals surface area contributed by atoms with E-state index in [9.17, 15) is 0 Å². The van der Waals surface area contributed by atoms with E-state index >= 15 is 0 Å². The van der Waals surface area contributed by atoms with Gasteiger partial charge >= 0.3 is 32.7 Å². The quantitative estimate of drug-likeness (QED) is 0.669. The van der Waals surface area contributed by atoms with Gasteiger partial charge in [0, 0.05) is 0 Å². The first-order valence-electron chi connectivity index (χ1n) is 4.83. The van der Waals surface area contributed by atoms with E-state index in [1.807, 2.05) is 26.3 Å². The van der Waals surface area contributed by atoms with Crippen LogP contribution in [0.1, 0.15) is 44.7 Å². The largest absolute Gasteiger partial charge is 3.00 e. The van der Waals surface area contributed by atoms with Crippen LogP contribution in [-0.2, 0) is 32.7 Å². The first-order valence-corrected chi connectivity index (χ1v) is 4.83. The number of hydrogen-bond acceptors (Lipinski definition) is 0. The Labute approximate surface area is 114 Å². The smallest absolute Gasteiger partial charge is 0.335 e. The minimum absolute atomic E-state index is 0. The summed E-state index contributed by atoms with van der Waals surface area (Å²) in [5.74, 6) is 0.621. The summed E-state index contributed by atoms with van der Waals surface area (Å²) >= 11 is 0. The van der Waals surface area contributed by atoms with Crippen LogP contribution < -0.4 is 0 Å². The molecule has 0 fully saturated rings. The zero-order valence-corrected chi connectivity index (χ0v) is 12.8. The van der Waals surface area contributed by atoms with Gasteiger partial charge in [-0.15, -0.1) is 0 Å². The molecule has 0 aliphatic heterocycles. The third-order valence-electron chi connectivity index (χ3n) is 1.62. The first kappa shape index (κ1) is 16.7. The van der Waals surface area contributed by atoms with E-state index in [2.05, 4.69) is 39.0 Å². The zero-order chi connectivity index (χ0) is 10.3. The molecule has 0 nitrogen and oxygen atoms in total. The standard InChI is InChI=1S/C10H13.C3H7.Y/c1-8(2)10-6-4-5-9(3)7-10;1-3-2;/h5-8H,1-3H3;3H,1-2H3;/q2*-1;+3. The minimum Gasteiger partial charge on any atom is -0.335 e. The molecule has 0 saturated heterocycles. The van der Waals surface area contributed by atoms with Crippen LogP contribution in [0.4, 0.5) is 0 Å². The zero-order valence-electron chi connectivity index (χ0n) is 9.96. The van der Waals surface area contributed by atoms with Crippen molar-refractivity contribution in [2.24, 2.45) is 0 Å². The van der Waals surface area contributed by atoms with Gasteiger partial charge in [-0.1, -0.05) is 26.7 Å². The summed E-state index contributed by atoms with van der Waals surface area (Å²) in [6.07, 6.45) is 2.00. The van der Waals surface area contributed by atoms with Gasteiger partial charge < -0.3 is 6.42 Å². The van der Waals surface area contributed by atoms with Crippen molar-refractivity contribution in [2.45, 2.75) is 40.5 Å². The molecule has 0 aliphatic carbocycles. The van der Waals surface area contributed by atoms with E-state index in [-0.39, 0.29) is 32.7 Å². The molecule has 0 N–H and O–H groups in total. The third-order valence-corrected chi connectivity index (χ3v) is 1.62. The van der Waals surface area contributed by atoms with Gasteiger partial charge in [-0.05, 0) is 0 Å². The Balaban J connectivity index is 0. The molecule has 0 atom stereocenters. The van der Waals surface area contributed by atoms with Crippen LogP contribution in [0.15, 0.2) is 18.2 Å². The van der Waals surface area contributed by atoms with Crippen molar-refractivity contribution in [1.82, 2.24) is 0 Å². The Morgan fingerprint density at radius 3 is 2.00 bits per heavy atom. The maximum absolute atomic E-state index is 3.11. The Morgan fingerprint density at radius 1 is 1.21 bits per heavy atom. The Bertz CT molecular complexity index is 228. The van der Waals surface area contributed by atoms with Gasteiger partial charge in [-0.3, -0.25) is 0 Å². The number of aryl methyl sites for hydroxylation is 1. The summed E-state index contributed by atoms with van der Waals surface area (Å²) in [5.41, 5.74) is 2.67. The molecule has 1 rings (SSSR count). The van der Waals surface area contributed by atoms with Crippen LogP contribution in [0.25, 0.3) is 0 Å². The monoisotopic (exact) mass is 265 g/mol. The van der Waals surface area contributed by atoms with Gasteiger partial charge in [0.25, 0.3) is 0 Å². The molecule has 74 valence electrons. The normalized spacial score (nSPS) is 8.71. The molecule has 0 radical (unpaired) electrons. The van der Waals surface area contributed by atoms with Crippen LogP contribution in [0.2, 0.25) is 0 Å². The SMILES string of the molecule is C[CH-]C.Cc1c[c-]cc(C(C)C)c1.[Y+3].